The minimum atomic E-state index is -0.264. The summed E-state index contributed by atoms with van der Waals surface area (Å²) in [4.78, 5) is 31.7. The zero-order valence-corrected chi connectivity index (χ0v) is 13.0. The lowest BCUT2D eigenvalue weighted by Gasteiger charge is -2.32. The van der Waals surface area contributed by atoms with Crippen LogP contribution in [0.1, 0.15) is 31.3 Å². The molecule has 1 saturated heterocycles. The number of carbonyl (C=O) groups is 2. The van der Waals surface area contributed by atoms with Gasteiger partial charge < -0.3 is 15.1 Å². The van der Waals surface area contributed by atoms with Crippen LogP contribution in [0, 0.1) is 0 Å². The topological polar surface area (TPSA) is 65.5 Å². The molecule has 0 bridgehead atoms. The van der Waals surface area contributed by atoms with Gasteiger partial charge in [-0.2, -0.15) is 0 Å². The highest BCUT2D eigenvalue weighted by Crippen LogP contribution is 2.19. The van der Waals surface area contributed by atoms with E-state index in [0.29, 0.717) is 18.8 Å². The van der Waals surface area contributed by atoms with Crippen molar-refractivity contribution < 1.29 is 9.59 Å². The highest BCUT2D eigenvalue weighted by atomic mass is 16.2. The van der Waals surface area contributed by atoms with E-state index >= 15 is 0 Å². The lowest BCUT2D eigenvalue weighted by molar-refractivity contribution is -0.120. The summed E-state index contributed by atoms with van der Waals surface area (Å²) in [6.45, 7) is 7.59. The van der Waals surface area contributed by atoms with Crippen molar-refractivity contribution in [2.24, 2.45) is 0 Å². The maximum absolute atomic E-state index is 12.5. The smallest absolute Gasteiger partial charge is 0.272 e. The van der Waals surface area contributed by atoms with E-state index < -0.39 is 0 Å². The number of rotatable bonds is 2. The van der Waals surface area contributed by atoms with Gasteiger partial charge in [0.2, 0.25) is 5.91 Å². The molecule has 1 aromatic heterocycles. The average Bonchev–Trinajstić information content (AvgIpc) is 2.45. The number of piperazine rings is 1. The summed E-state index contributed by atoms with van der Waals surface area (Å²) < 4.78 is 0. The van der Waals surface area contributed by atoms with Gasteiger partial charge in [0.05, 0.1) is 6.54 Å². The molecule has 2 amide bonds. The first-order valence-electron chi connectivity index (χ1n) is 7.05. The molecule has 6 nitrogen and oxygen atoms in total. The number of nitrogens with zero attached hydrogens (tertiary/aromatic N) is 3. The maximum atomic E-state index is 12.5. The van der Waals surface area contributed by atoms with Crippen molar-refractivity contribution >= 4 is 17.5 Å². The second-order valence-corrected chi connectivity index (χ2v) is 6.21. The maximum Gasteiger partial charge on any atom is 0.272 e. The lowest BCUT2D eigenvalue weighted by Crippen LogP contribution is -2.47. The predicted octanol–water partition coefficient (Wildman–Crippen LogP) is 0.888. The molecular formula is C15H22N4O2. The molecule has 1 fully saturated rings. The number of hydrogen-bond acceptors (Lipinski definition) is 4. The van der Waals surface area contributed by atoms with Crippen LogP contribution in [0.3, 0.4) is 0 Å². The van der Waals surface area contributed by atoms with E-state index in [9.17, 15) is 9.59 Å². The molecule has 0 atom stereocenters. The average molecular weight is 290 g/mol. The number of amides is 2. The van der Waals surface area contributed by atoms with Crippen LogP contribution in [-0.2, 0) is 4.79 Å². The molecule has 2 rings (SSSR count). The summed E-state index contributed by atoms with van der Waals surface area (Å²) in [6.07, 6.45) is 1.62. The van der Waals surface area contributed by atoms with Gasteiger partial charge in [0.1, 0.15) is 5.69 Å². The highest BCUT2D eigenvalue weighted by molar-refractivity contribution is 5.93. The van der Waals surface area contributed by atoms with E-state index in [0.717, 1.165) is 12.2 Å². The molecule has 0 aromatic carbocycles. The van der Waals surface area contributed by atoms with Gasteiger partial charge in [-0.05, 0) is 32.9 Å². The second-order valence-electron chi connectivity index (χ2n) is 6.21. The fourth-order valence-corrected chi connectivity index (χ4v) is 2.07. The molecule has 0 unspecified atom stereocenters. The summed E-state index contributed by atoms with van der Waals surface area (Å²) >= 11 is 0. The Labute approximate surface area is 125 Å². The van der Waals surface area contributed by atoms with Crippen LogP contribution in [0.5, 0.6) is 0 Å². The predicted molar refractivity (Wildman–Crippen MR) is 81.3 cm³/mol. The SMILES string of the molecule is CN(C(=O)c1cc(N2CCNC(=O)C2)ccn1)C(C)(C)C. The Bertz CT molecular complexity index is 551. The van der Waals surface area contributed by atoms with Crippen molar-refractivity contribution in [2.45, 2.75) is 26.3 Å². The van der Waals surface area contributed by atoms with Crippen LogP contribution < -0.4 is 10.2 Å². The number of pyridine rings is 1. The van der Waals surface area contributed by atoms with E-state index in [1.807, 2.05) is 31.7 Å². The first-order valence-corrected chi connectivity index (χ1v) is 7.05. The van der Waals surface area contributed by atoms with Crippen molar-refractivity contribution in [2.75, 3.05) is 31.6 Å². The Morgan fingerprint density at radius 2 is 2.14 bits per heavy atom. The summed E-state index contributed by atoms with van der Waals surface area (Å²) in [5, 5.41) is 2.79. The molecule has 0 radical (unpaired) electrons. The Hall–Kier alpha value is -2.11. The Kier molecular flexibility index (Phi) is 4.16. The Morgan fingerprint density at radius 3 is 2.76 bits per heavy atom. The van der Waals surface area contributed by atoms with E-state index in [2.05, 4.69) is 10.3 Å². The van der Waals surface area contributed by atoms with Gasteiger partial charge in [-0.1, -0.05) is 0 Å². The number of nitrogens with one attached hydrogen (secondary N) is 1. The van der Waals surface area contributed by atoms with Crippen molar-refractivity contribution in [1.82, 2.24) is 15.2 Å². The molecule has 0 saturated carbocycles. The molecule has 1 N–H and O–H groups in total. The summed E-state index contributed by atoms with van der Waals surface area (Å²) in [5.41, 5.74) is 0.987. The van der Waals surface area contributed by atoms with Gasteiger partial charge in [0, 0.05) is 37.6 Å². The van der Waals surface area contributed by atoms with Crippen molar-refractivity contribution in [1.29, 1.82) is 0 Å². The molecule has 0 aliphatic carbocycles. The fourth-order valence-electron chi connectivity index (χ4n) is 2.07. The molecule has 1 aromatic rings. The molecule has 1 aliphatic heterocycles. The number of carbonyl (C=O) groups excluding carboxylic acids is 2. The van der Waals surface area contributed by atoms with Crippen molar-refractivity contribution in [3.8, 4) is 0 Å². The zero-order chi connectivity index (χ0) is 15.6. The summed E-state index contributed by atoms with van der Waals surface area (Å²) in [6, 6.07) is 3.58. The lowest BCUT2D eigenvalue weighted by atomic mass is 10.1. The monoisotopic (exact) mass is 290 g/mol. The van der Waals surface area contributed by atoms with Crippen LogP contribution in [-0.4, -0.2) is 53.9 Å². The molecular weight excluding hydrogens is 268 g/mol. The van der Waals surface area contributed by atoms with E-state index in [-0.39, 0.29) is 17.4 Å². The normalized spacial score (nSPS) is 15.6. The van der Waals surface area contributed by atoms with Crippen molar-refractivity contribution in [3.05, 3.63) is 24.0 Å². The third-order valence-corrected chi connectivity index (χ3v) is 3.68. The van der Waals surface area contributed by atoms with Gasteiger partial charge in [-0.15, -0.1) is 0 Å². The third-order valence-electron chi connectivity index (χ3n) is 3.68. The number of anilines is 1. The molecule has 6 heteroatoms. The first-order chi connectivity index (χ1) is 9.79. The van der Waals surface area contributed by atoms with E-state index in [4.69, 9.17) is 0 Å². The summed E-state index contributed by atoms with van der Waals surface area (Å²) in [5.74, 6) is -0.122. The van der Waals surface area contributed by atoms with Gasteiger partial charge in [-0.3, -0.25) is 14.6 Å². The van der Waals surface area contributed by atoms with E-state index in [1.165, 1.54) is 0 Å². The molecule has 21 heavy (non-hydrogen) atoms. The molecule has 1 aliphatic rings. The van der Waals surface area contributed by atoms with Gasteiger partial charge in [0.25, 0.3) is 5.91 Å². The van der Waals surface area contributed by atoms with Gasteiger partial charge in [0.15, 0.2) is 0 Å². The van der Waals surface area contributed by atoms with Crippen LogP contribution >= 0.6 is 0 Å². The Morgan fingerprint density at radius 1 is 1.43 bits per heavy atom. The minimum absolute atomic E-state index is 0.00208. The van der Waals surface area contributed by atoms with Crippen LogP contribution in [0.15, 0.2) is 18.3 Å². The third kappa shape index (κ3) is 3.51. The zero-order valence-electron chi connectivity index (χ0n) is 13.0. The first kappa shape index (κ1) is 15.3. The van der Waals surface area contributed by atoms with Crippen molar-refractivity contribution in [3.63, 3.8) is 0 Å². The molecule has 114 valence electrons. The second kappa shape index (κ2) is 5.71. The minimum Gasteiger partial charge on any atom is -0.360 e. The molecule has 0 spiro atoms. The van der Waals surface area contributed by atoms with Gasteiger partial charge >= 0.3 is 0 Å². The van der Waals surface area contributed by atoms with Crippen LogP contribution in [0.4, 0.5) is 5.69 Å². The Balaban J connectivity index is 2.21. The number of hydrogen-bond donors (Lipinski definition) is 1. The largest absolute Gasteiger partial charge is 0.360 e. The highest BCUT2D eigenvalue weighted by Gasteiger charge is 2.25. The van der Waals surface area contributed by atoms with Crippen LogP contribution in [0.25, 0.3) is 0 Å². The quantitative estimate of drug-likeness (QED) is 0.878. The standard InChI is InChI=1S/C15H22N4O2/c1-15(2,3)18(4)14(21)12-9-11(5-6-16-12)19-8-7-17-13(20)10-19/h5-6,9H,7-8,10H2,1-4H3,(H,17,20). The van der Waals surface area contributed by atoms with Crippen LogP contribution in [0.2, 0.25) is 0 Å². The fraction of sp³-hybridized carbons (Fsp3) is 0.533. The number of aromatic nitrogens is 1. The van der Waals surface area contributed by atoms with Gasteiger partial charge in [-0.25, -0.2) is 0 Å². The van der Waals surface area contributed by atoms with E-state index in [1.54, 1.807) is 24.2 Å². The molecule has 2 heterocycles. The summed E-state index contributed by atoms with van der Waals surface area (Å²) in [7, 11) is 1.77.